The molecule has 0 saturated heterocycles. The summed E-state index contributed by atoms with van der Waals surface area (Å²) in [6.45, 7) is 0.801. The van der Waals surface area contributed by atoms with Crippen LogP contribution >= 0.6 is 11.8 Å². The number of rotatable bonds is 7. The Morgan fingerprint density at radius 2 is 1.92 bits per heavy atom. The fourth-order valence-corrected chi connectivity index (χ4v) is 4.33. The monoisotopic (exact) mass is 371 g/mol. The number of benzene rings is 2. The molecule has 2 N–H and O–H groups in total. The van der Waals surface area contributed by atoms with E-state index in [1.807, 2.05) is 18.2 Å². The first-order valence-electron chi connectivity index (χ1n) is 9.01. The SMILES string of the molecule is COc1cccc(Sc2ccccc2CNC2CCC(C(=O)O)CC2)c1. The summed E-state index contributed by atoms with van der Waals surface area (Å²) in [7, 11) is 1.68. The minimum absolute atomic E-state index is 0.163. The molecule has 2 aromatic rings. The first kappa shape index (κ1) is 18.8. The van der Waals surface area contributed by atoms with Crippen LogP contribution in [0.3, 0.4) is 0 Å². The lowest BCUT2D eigenvalue weighted by atomic mass is 9.86. The number of nitrogens with one attached hydrogen (secondary N) is 1. The molecule has 0 aliphatic heterocycles. The molecule has 0 spiro atoms. The summed E-state index contributed by atoms with van der Waals surface area (Å²) in [6, 6.07) is 16.9. The zero-order valence-electron chi connectivity index (χ0n) is 15.0. The van der Waals surface area contributed by atoms with E-state index in [0.717, 1.165) is 42.9 Å². The molecule has 0 heterocycles. The van der Waals surface area contributed by atoms with Gasteiger partial charge in [0, 0.05) is 22.4 Å². The van der Waals surface area contributed by atoms with Crippen molar-refractivity contribution in [2.45, 2.75) is 48.1 Å². The molecule has 0 radical (unpaired) electrons. The third kappa shape index (κ3) is 5.02. The molecule has 1 saturated carbocycles. The highest BCUT2D eigenvalue weighted by Gasteiger charge is 2.25. The lowest BCUT2D eigenvalue weighted by molar-refractivity contribution is -0.142. The maximum atomic E-state index is 11.1. The van der Waals surface area contributed by atoms with E-state index in [1.54, 1.807) is 18.9 Å². The van der Waals surface area contributed by atoms with Crippen LogP contribution in [0.4, 0.5) is 0 Å². The molecule has 2 aromatic carbocycles. The smallest absolute Gasteiger partial charge is 0.306 e. The molecule has 0 amide bonds. The molecule has 1 fully saturated rings. The predicted octanol–water partition coefficient (Wildman–Crippen LogP) is 4.58. The van der Waals surface area contributed by atoms with Crippen LogP contribution in [0.1, 0.15) is 31.2 Å². The van der Waals surface area contributed by atoms with Crippen molar-refractivity contribution in [3.05, 3.63) is 54.1 Å². The summed E-state index contributed by atoms with van der Waals surface area (Å²) < 4.78 is 5.31. The fourth-order valence-electron chi connectivity index (χ4n) is 3.34. The van der Waals surface area contributed by atoms with E-state index in [9.17, 15) is 4.79 Å². The number of ether oxygens (including phenoxy) is 1. The molecule has 0 atom stereocenters. The van der Waals surface area contributed by atoms with Crippen LogP contribution in [0.15, 0.2) is 58.3 Å². The van der Waals surface area contributed by atoms with E-state index in [4.69, 9.17) is 9.84 Å². The van der Waals surface area contributed by atoms with Gasteiger partial charge < -0.3 is 15.2 Å². The minimum Gasteiger partial charge on any atom is -0.497 e. The summed E-state index contributed by atoms with van der Waals surface area (Å²) in [5.41, 5.74) is 1.26. The quantitative estimate of drug-likeness (QED) is 0.746. The van der Waals surface area contributed by atoms with E-state index in [2.05, 4.69) is 35.6 Å². The van der Waals surface area contributed by atoms with Gasteiger partial charge in [0.2, 0.25) is 0 Å². The van der Waals surface area contributed by atoms with Gasteiger partial charge in [0.05, 0.1) is 13.0 Å². The Morgan fingerprint density at radius 1 is 1.15 bits per heavy atom. The molecule has 0 bridgehead atoms. The van der Waals surface area contributed by atoms with Gasteiger partial charge in [0.25, 0.3) is 0 Å². The summed E-state index contributed by atoms with van der Waals surface area (Å²) in [6.07, 6.45) is 3.41. The topological polar surface area (TPSA) is 58.6 Å². The summed E-state index contributed by atoms with van der Waals surface area (Å²) in [5, 5.41) is 12.7. The van der Waals surface area contributed by atoms with Crippen LogP contribution in [0.5, 0.6) is 5.75 Å². The molecule has 26 heavy (non-hydrogen) atoms. The van der Waals surface area contributed by atoms with Gasteiger partial charge in [0.1, 0.15) is 5.75 Å². The van der Waals surface area contributed by atoms with Gasteiger partial charge in [0.15, 0.2) is 0 Å². The maximum Gasteiger partial charge on any atom is 0.306 e. The van der Waals surface area contributed by atoms with Crippen LogP contribution in [-0.2, 0) is 11.3 Å². The van der Waals surface area contributed by atoms with Crippen LogP contribution in [-0.4, -0.2) is 24.2 Å². The van der Waals surface area contributed by atoms with Crippen LogP contribution in [0.25, 0.3) is 0 Å². The third-order valence-electron chi connectivity index (χ3n) is 4.90. The largest absolute Gasteiger partial charge is 0.497 e. The van der Waals surface area contributed by atoms with Gasteiger partial charge in [-0.15, -0.1) is 0 Å². The van der Waals surface area contributed by atoms with Crippen molar-refractivity contribution in [1.82, 2.24) is 5.32 Å². The van der Waals surface area contributed by atoms with Gasteiger partial charge in [-0.25, -0.2) is 0 Å². The number of carboxylic acids is 1. The molecular weight excluding hydrogens is 346 g/mol. The number of hydrogen-bond donors (Lipinski definition) is 2. The van der Waals surface area contributed by atoms with Gasteiger partial charge in [-0.2, -0.15) is 0 Å². The standard InChI is InChI=1S/C21H25NO3S/c1-25-18-6-4-7-19(13-18)26-20-8-3-2-5-16(20)14-22-17-11-9-15(10-12-17)21(23)24/h2-8,13,15,17,22H,9-12,14H2,1H3,(H,23,24). The number of carboxylic acid groups (broad SMARTS) is 1. The third-order valence-corrected chi connectivity index (χ3v) is 6.01. The Labute approximate surface area is 159 Å². The van der Waals surface area contributed by atoms with Crippen molar-refractivity contribution >= 4 is 17.7 Å². The van der Waals surface area contributed by atoms with Crippen molar-refractivity contribution < 1.29 is 14.6 Å². The van der Waals surface area contributed by atoms with E-state index in [-0.39, 0.29) is 5.92 Å². The molecule has 3 rings (SSSR count). The second-order valence-corrected chi connectivity index (χ2v) is 7.77. The van der Waals surface area contributed by atoms with E-state index >= 15 is 0 Å². The fraction of sp³-hybridized carbons (Fsp3) is 0.381. The lowest BCUT2D eigenvalue weighted by Gasteiger charge is -2.27. The van der Waals surface area contributed by atoms with Crippen molar-refractivity contribution in [3.8, 4) is 5.75 Å². The van der Waals surface area contributed by atoms with Crippen LogP contribution < -0.4 is 10.1 Å². The highest BCUT2D eigenvalue weighted by molar-refractivity contribution is 7.99. The summed E-state index contributed by atoms with van der Waals surface area (Å²) >= 11 is 1.74. The minimum atomic E-state index is -0.650. The normalized spacial score (nSPS) is 19.9. The molecule has 1 aliphatic rings. The first-order valence-corrected chi connectivity index (χ1v) is 9.83. The van der Waals surface area contributed by atoms with Crippen molar-refractivity contribution in [3.63, 3.8) is 0 Å². The number of carbonyl (C=O) groups is 1. The highest BCUT2D eigenvalue weighted by Crippen LogP contribution is 2.32. The summed E-state index contributed by atoms with van der Waals surface area (Å²) in [4.78, 5) is 13.5. The predicted molar refractivity (Wildman–Crippen MR) is 104 cm³/mol. The van der Waals surface area contributed by atoms with Crippen molar-refractivity contribution in [1.29, 1.82) is 0 Å². The Hall–Kier alpha value is -1.98. The van der Waals surface area contributed by atoms with Crippen molar-refractivity contribution in [2.24, 2.45) is 5.92 Å². The van der Waals surface area contributed by atoms with Gasteiger partial charge in [-0.3, -0.25) is 4.79 Å². The molecule has 5 heteroatoms. The average molecular weight is 372 g/mol. The van der Waals surface area contributed by atoms with Crippen LogP contribution in [0.2, 0.25) is 0 Å². The molecular formula is C21H25NO3S. The van der Waals surface area contributed by atoms with E-state index in [1.165, 1.54) is 10.5 Å². The van der Waals surface area contributed by atoms with Gasteiger partial charge >= 0.3 is 5.97 Å². The second-order valence-electron chi connectivity index (χ2n) is 6.66. The Balaban J connectivity index is 1.60. The summed E-state index contributed by atoms with van der Waals surface area (Å²) in [5.74, 6) is 0.0493. The Bertz CT molecular complexity index is 742. The zero-order chi connectivity index (χ0) is 18.4. The van der Waals surface area contributed by atoms with Crippen molar-refractivity contribution in [2.75, 3.05) is 7.11 Å². The number of methoxy groups -OCH3 is 1. The average Bonchev–Trinajstić information content (AvgIpc) is 2.68. The highest BCUT2D eigenvalue weighted by atomic mass is 32.2. The van der Waals surface area contributed by atoms with Crippen LogP contribution in [0, 0.1) is 5.92 Å². The molecule has 138 valence electrons. The Kier molecular flexibility index (Phi) is 6.58. The maximum absolute atomic E-state index is 11.1. The number of hydrogen-bond acceptors (Lipinski definition) is 4. The van der Waals surface area contributed by atoms with Gasteiger partial charge in [-0.1, -0.05) is 36.0 Å². The first-order chi connectivity index (χ1) is 12.7. The zero-order valence-corrected chi connectivity index (χ0v) is 15.8. The second kappa shape index (κ2) is 9.10. The molecule has 1 aliphatic carbocycles. The van der Waals surface area contributed by atoms with Gasteiger partial charge in [-0.05, 0) is 55.5 Å². The van der Waals surface area contributed by atoms with E-state index in [0.29, 0.717) is 6.04 Å². The Morgan fingerprint density at radius 3 is 2.65 bits per heavy atom. The van der Waals surface area contributed by atoms with E-state index < -0.39 is 5.97 Å². The molecule has 0 unspecified atom stereocenters. The number of aliphatic carboxylic acids is 1. The molecule has 4 nitrogen and oxygen atoms in total. The molecule has 0 aromatic heterocycles. The lowest BCUT2D eigenvalue weighted by Crippen LogP contribution is -2.34.